The van der Waals surface area contributed by atoms with E-state index in [9.17, 15) is 9.59 Å². The fourth-order valence-electron chi connectivity index (χ4n) is 3.57. The Balaban J connectivity index is 1.53. The standard InChI is InChI=1S/C16H22N2O3S/c1-11(16(20)21-2)8-17-9-13-6-12(17)10-18(13)15(19)7-14-4-3-5-22-14/h3-5,11-13H,6-10H2,1-2H3/t11?,12-,13-/m0/s1. The van der Waals surface area contributed by atoms with Gasteiger partial charge in [-0.25, -0.2) is 0 Å². The molecule has 2 aliphatic rings. The summed E-state index contributed by atoms with van der Waals surface area (Å²) in [6.45, 7) is 4.29. The second kappa shape index (κ2) is 6.38. The number of methoxy groups -OCH3 is 1. The molecular weight excluding hydrogens is 300 g/mol. The Kier molecular flexibility index (Phi) is 4.49. The first kappa shape index (κ1) is 15.5. The second-order valence-electron chi connectivity index (χ2n) is 6.22. The van der Waals surface area contributed by atoms with Gasteiger partial charge >= 0.3 is 5.97 Å². The molecule has 2 bridgehead atoms. The minimum absolute atomic E-state index is 0.111. The number of likely N-dealkylation sites (tertiary alicyclic amines) is 2. The molecular formula is C16H22N2O3S. The number of hydrogen-bond donors (Lipinski definition) is 0. The van der Waals surface area contributed by atoms with Gasteiger partial charge in [-0.2, -0.15) is 0 Å². The van der Waals surface area contributed by atoms with Gasteiger partial charge < -0.3 is 9.64 Å². The fraction of sp³-hybridized carbons (Fsp3) is 0.625. The van der Waals surface area contributed by atoms with Crippen molar-refractivity contribution in [2.24, 2.45) is 5.92 Å². The van der Waals surface area contributed by atoms with E-state index in [0.29, 0.717) is 18.5 Å². The van der Waals surface area contributed by atoms with Crippen molar-refractivity contribution in [2.75, 3.05) is 26.7 Å². The van der Waals surface area contributed by atoms with E-state index < -0.39 is 0 Å². The number of piperazine rings is 1. The van der Waals surface area contributed by atoms with Gasteiger partial charge in [0.2, 0.25) is 5.91 Å². The van der Waals surface area contributed by atoms with E-state index in [1.807, 2.05) is 29.3 Å². The molecule has 0 radical (unpaired) electrons. The molecule has 120 valence electrons. The molecule has 22 heavy (non-hydrogen) atoms. The van der Waals surface area contributed by atoms with E-state index in [1.165, 1.54) is 7.11 Å². The number of rotatable bonds is 5. The summed E-state index contributed by atoms with van der Waals surface area (Å²) in [6, 6.07) is 4.70. The first-order chi connectivity index (χ1) is 10.6. The number of hydrogen-bond acceptors (Lipinski definition) is 5. The van der Waals surface area contributed by atoms with E-state index >= 15 is 0 Å². The average Bonchev–Trinajstić information content (AvgIpc) is 3.22. The molecule has 0 saturated carbocycles. The highest BCUT2D eigenvalue weighted by atomic mass is 32.1. The molecule has 0 spiro atoms. The lowest BCUT2D eigenvalue weighted by molar-refractivity contribution is -0.146. The number of fused-ring (bicyclic) bond motifs is 2. The van der Waals surface area contributed by atoms with Crippen LogP contribution >= 0.6 is 11.3 Å². The molecule has 1 amide bonds. The summed E-state index contributed by atoms with van der Waals surface area (Å²) >= 11 is 1.64. The lowest BCUT2D eigenvalue weighted by Gasteiger charge is -2.35. The van der Waals surface area contributed by atoms with E-state index in [1.54, 1.807) is 11.3 Å². The average molecular weight is 322 g/mol. The summed E-state index contributed by atoms with van der Waals surface area (Å²) in [5, 5.41) is 2.01. The summed E-state index contributed by atoms with van der Waals surface area (Å²) in [5.74, 6) is -0.0383. The zero-order valence-electron chi connectivity index (χ0n) is 13.0. The Morgan fingerprint density at radius 1 is 1.41 bits per heavy atom. The molecule has 3 atom stereocenters. The van der Waals surface area contributed by atoms with Crippen LogP contribution in [0, 0.1) is 5.92 Å². The Bertz CT molecular complexity index is 546. The van der Waals surface area contributed by atoms with Gasteiger partial charge in [0.25, 0.3) is 0 Å². The molecule has 2 saturated heterocycles. The highest BCUT2D eigenvalue weighted by molar-refractivity contribution is 7.10. The van der Waals surface area contributed by atoms with E-state index in [-0.39, 0.29) is 17.8 Å². The third kappa shape index (κ3) is 3.03. The first-order valence-corrected chi connectivity index (χ1v) is 8.60. The Morgan fingerprint density at radius 2 is 2.23 bits per heavy atom. The topological polar surface area (TPSA) is 49.9 Å². The van der Waals surface area contributed by atoms with Crippen LogP contribution < -0.4 is 0 Å². The number of carbonyl (C=O) groups excluding carboxylic acids is 2. The van der Waals surface area contributed by atoms with Crippen LogP contribution in [-0.4, -0.2) is 60.5 Å². The monoisotopic (exact) mass is 322 g/mol. The minimum Gasteiger partial charge on any atom is -0.469 e. The van der Waals surface area contributed by atoms with Gasteiger partial charge in [0.15, 0.2) is 0 Å². The maximum absolute atomic E-state index is 12.4. The van der Waals surface area contributed by atoms with Crippen molar-refractivity contribution in [1.82, 2.24) is 9.80 Å². The van der Waals surface area contributed by atoms with Crippen LogP contribution in [0.2, 0.25) is 0 Å². The van der Waals surface area contributed by atoms with Gasteiger partial charge in [-0.15, -0.1) is 11.3 Å². The van der Waals surface area contributed by atoms with Gasteiger partial charge in [0.1, 0.15) is 0 Å². The SMILES string of the molecule is COC(=O)C(C)CN1C[C@@H]2C[C@H]1CN2C(=O)Cc1cccs1. The van der Waals surface area contributed by atoms with Crippen LogP contribution in [0.4, 0.5) is 0 Å². The van der Waals surface area contributed by atoms with Crippen LogP contribution in [0.5, 0.6) is 0 Å². The molecule has 3 rings (SSSR count). The molecule has 5 nitrogen and oxygen atoms in total. The molecule has 1 unspecified atom stereocenters. The molecule has 0 aliphatic carbocycles. The summed E-state index contributed by atoms with van der Waals surface area (Å²) in [4.78, 5) is 29.5. The van der Waals surface area contributed by atoms with Crippen molar-refractivity contribution in [2.45, 2.75) is 31.8 Å². The van der Waals surface area contributed by atoms with Gasteiger partial charge in [-0.1, -0.05) is 13.0 Å². The maximum Gasteiger partial charge on any atom is 0.309 e. The smallest absolute Gasteiger partial charge is 0.309 e. The van der Waals surface area contributed by atoms with Crippen LogP contribution in [0.25, 0.3) is 0 Å². The number of amides is 1. The van der Waals surface area contributed by atoms with Crippen molar-refractivity contribution in [1.29, 1.82) is 0 Å². The second-order valence-corrected chi connectivity index (χ2v) is 7.26. The van der Waals surface area contributed by atoms with Gasteiger partial charge in [-0.05, 0) is 17.9 Å². The molecule has 0 N–H and O–H groups in total. The summed E-state index contributed by atoms with van der Waals surface area (Å²) in [7, 11) is 1.43. The molecule has 2 fully saturated rings. The quantitative estimate of drug-likeness (QED) is 0.769. The van der Waals surface area contributed by atoms with Gasteiger partial charge in [-0.3, -0.25) is 14.5 Å². The summed E-state index contributed by atoms with van der Waals surface area (Å²) < 4.78 is 4.79. The number of nitrogens with zero attached hydrogens (tertiary/aromatic N) is 2. The van der Waals surface area contributed by atoms with Crippen molar-refractivity contribution < 1.29 is 14.3 Å². The predicted octanol–water partition coefficient (Wildman–Crippen LogP) is 1.38. The Morgan fingerprint density at radius 3 is 2.82 bits per heavy atom. The summed E-state index contributed by atoms with van der Waals surface area (Å²) in [6.07, 6.45) is 1.55. The van der Waals surface area contributed by atoms with Gasteiger partial charge in [0, 0.05) is 36.6 Å². The van der Waals surface area contributed by atoms with Crippen LogP contribution in [-0.2, 0) is 20.7 Å². The molecule has 1 aromatic heterocycles. The predicted molar refractivity (Wildman–Crippen MR) is 84.7 cm³/mol. The number of ether oxygens (including phenoxy) is 1. The highest BCUT2D eigenvalue weighted by Gasteiger charge is 2.45. The zero-order chi connectivity index (χ0) is 15.7. The zero-order valence-corrected chi connectivity index (χ0v) is 13.8. The number of carbonyl (C=O) groups is 2. The van der Waals surface area contributed by atoms with E-state index in [4.69, 9.17) is 4.74 Å². The van der Waals surface area contributed by atoms with Crippen molar-refractivity contribution in [3.05, 3.63) is 22.4 Å². The largest absolute Gasteiger partial charge is 0.469 e. The van der Waals surface area contributed by atoms with Crippen molar-refractivity contribution >= 4 is 23.2 Å². The van der Waals surface area contributed by atoms with Gasteiger partial charge in [0.05, 0.1) is 19.4 Å². The van der Waals surface area contributed by atoms with Crippen molar-refractivity contribution in [3.8, 4) is 0 Å². The molecule has 2 aliphatic heterocycles. The van der Waals surface area contributed by atoms with Crippen LogP contribution in [0.1, 0.15) is 18.2 Å². The summed E-state index contributed by atoms with van der Waals surface area (Å²) in [5.41, 5.74) is 0. The van der Waals surface area contributed by atoms with E-state index in [0.717, 1.165) is 30.9 Å². The maximum atomic E-state index is 12.4. The number of esters is 1. The molecule has 3 heterocycles. The highest BCUT2D eigenvalue weighted by Crippen LogP contribution is 2.32. The lowest BCUT2D eigenvalue weighted by Crippen LogP contribution is -2.50. The fourth-order valence-corrected chi connectivity index (χ4v) is 4.27. The molecule has 6 heteroatoms. The molecule has 1 aromatic rings. The Hall–Kier alpha value is -1.40. The first-order valence-electron chi connectivity index (χ1n) is 7.72. The van der Waals surface area contributed by atoms with Crippen molar-refractivity contribution in [3.63, 3.8) is 0 Å². The van der Waals surface area contributed by atoms with E-state index in [2.05, 4.69) is 4.90 Å². The third-order valence-electron chi connectivity index (χ3n) is 4.69. The normalized spacial score (nSPS) is 25.5. The lowest BCUT2D eigenvalue weighted by atomic mass is 10.1. The minimum atomic E-state index is -0.159. The van der Waals surface area contributed by atoms with Crippen LogP contribution in [0.15, 0.2) is 17.5 Å². The Labute approximate surface area is 134 Å². The third-order valence-corrected chi connectivity index (χ3v) is 5.57. The van der Waals surface area contributed by atoms with Crippen LogP contribution in [0.3, 0.4) is 0 Å². The molecule has 0 aromatic carbocycles. The number of thiophene rings is 1.